The maximum Gasteiger partial charge on any atom is 0.416 e. The van der Waals surface area contributed by atoms with Gasteiger partial charge in [-0.2, -0.15) is 13.2 Å². The van der Waals surface area contributed by atoms with Crippen LogP contribution in [-0.2, 0) is 6.18 Å². The first-order valence-electron chi connectivity index (χ1n) is 7.73. The molecule has 6 heteroatoms. The molecule has 24 heavy (non-hydrogen) atoms. The van der Waals surface area contributed by atoms with Gasteiger partial charge in [-0.3, -0.25) is 0 Å². The van der Waals surface area contributed by atoms with Crippen LogP contribution in [0.5, 0.6) is 0 Å². The molecule has 3 rings (SSSR count). The monoisotopic (exact) mass is 341 g/mol. The summed E-state index contributed by atoms with van der Waals surface area (Å²) in [5.41, 5.74) is 0.303. The molecule has 1 N–H and O–H groups in total. The van der Waals surface area contributed by atoms with Crippen LogP contribution in [0.2, 0.25) is 0 Å². The van der Waals surface area contributed by atoms with Crippen LogP contribution >= 0.6 is 0 Å². The van der Waals surface area contributed by atoms with E-state index in [1.807, 2.05) is 0 Å². The number of benzene rings is 2. The molecule has 1 fully saturated rings. The summed E-state index contributed by atoms with van der Waals surface area (Å²) < 4.78 is 66.2. The van der Waals surface area contributed by atoms with Gasteiger partial charge in [0.15, 0.2) is 11.6 Å². The zero-order chi connectivity index (χ0) is 17.3. The molecular weight excluding hydrogens is 325 g/mol. The minimum atomic E-state index is -4.49. The van der Waals surface area contributed by atoms with E-state index in [1.54, 1.807) is 6.07 Å². The lowest BCUT2D eigenvalue weighted by Crippen LogP contribution is -2.26. The van der Waals surface area contributed by atoms with Crippen molar-refractivity contribution < 1.29 is 22.0 Å². The van der Waals surface area contributed by atoms with Crippen LogP contribution in [0, 0.1) is 11.6 Å². The molecule has 1 aliphatic rings. The Kier molecular flexibility index (Phi) is 4.58. The highest BCUT2D eigenvalue weighted by molar-refractivity contribution is 5.66. The average molecular weight is 341 g/mol. The van der Waals surface area contributed by atoms with Gasteiger partial charge in [-0.1, -0.05) is 12.1 Å². The van der Waals surface area contributed by atoms with E-state index < -0.39 is 23.4 Å². The summed E-state index contributed by atoms with van der Waals surface area (Å²) in [6, 6.07) is 6.95. The van der Waals surface area contributed by atoms with Gasteiger partial charge in [-0.05, 0) is 72.8 Å². The molecule has 1 aliphatic heterocycles. The van der Waals surface area contributed by atoms with Gasteiger partial charge in [-0.15, -0.1) is 0 Å². The Morgan fingerprint density at radius 1 is 0.833 bits per heavy atom. The standard InChI is InChI=1S/C18H16F5N/c19-16-2-1-12(10-17(16)20)14-7-13(11-3-5-24-6-4-11)8-15(9-14)18(21,22)23/h1-2,7-11,24H,3-6H2. The Hall–Kier alpha value is -1.95. The third-order valence-electron chi connectivity index (χ3n) is 4.35. The van der Waals surface area contributed by atoms with Gasteiger partial charge in [0.05, 0.1) is 5.56 Å². The maximum absolute atomic E-state index is 13.4. The molecule has 1 heterocycles. The lowest BCUT2D eigenvalue weighted by molar-refractivity contribution is -0.137. The fourth-order valence-electron chi connectivity index (χ4n) is 3.05. The van der Waals surface area contributed by atoms with Crippen molar-refractivity contribution in [1.29, 1.82) is 0 Å². The second-order valence-electron chi connectivity index (χ2n) is 5.99. The lowest BCUT2D eigenvalue weighted by Gasteiger charge is -2.24. The molecule has 0 radical (unpaired) electrons. The molecular formula is C18H16F5N. The van der Waals surface area contributed by atoms with Crippen molar-refractivity contribution in [2.75, 3.05) is 13.1 Å². The van der Waals surface area contributed by atoms with Gasteiger partial charge in [0.1, 0.15) is 0 Å². The van der Waals surface area contributed by atoms with Crippen LogP contribution in [-0.4, -0.2) is 13.1 Å². The van der Waals surface area contributed by atoms with E-state index in [0.29, 0.717) is 5.56 Å². The van der Waals surface area contributed by atoms with Gasteiger partial charge >= 0.3 is 6.18 Å². The summed E-state index contributed by atoms with van der Waals surface area (Å²) in [4.78, 5) is 0. The van der Waals surface area contributed by atoms with Gasteiger partial charge in [0, 0.05) is 0 Å². The minimum Gasteiger partial charge on any atom is -0.317 e. The number of halogens is 5. The fraction of sp³-hybridized carbons (Fsp3) is 0.333. The zero-order valence-corrected chi connectivity index (χ0v) is 12.8. The summed E-state index contributed by atoms with van der Waals surface area (Å²) in [6.07, 6.45) is -2.99. The van der Waals surface area contributed by atoms with Crippen LogP contribution < -0.4 is 5.32 Å². The second-order valence-corrected chi connectivity index (χ2v) is 5.99. The number of piperidine rings is 1. The molecule has 1 saturated heterocycles. The van der Waals surface area contributed by atoms with Gasteiger partial charge < -0.3 is 5.32 Å². The number of rotatable bonds is 2. The molecule has 0 unspecified atom stereocenters. The minimum absolute atomic E-state index is 0.0256. The average Bonchev–Trinajstić information content (AvgIpc) is 2.57. The van der Waals surface area contributed by atoms with E-state index in [9.17, 15) is 22.0 Å². The first-order chi connectivity index (χ1) is 11.3. The largest absolute Gasteiger partial charge is 0.416 e. The Bertz CT molecular complexity index is 733. The van der Waals surface area contributed by atoms with Crippen LogP contribution in [0.25, 0.3) is 11.1 Å². The van der Waals surface area contributed by atoms with Crippen LogP contribution in [0.3, 0.4) is 0 Å². The third-order valence-corrected chi connectivity index (χ3v) is 4.35. The lowest BCUT2D eigenvalue weighted by atomic mass is 9.87. The van der Waals surface area contributed by atoms with Gasteiger partial charge in [0.25, 0.3) is 0 Å². The summed E-state index contributed by atoms with van der Waals surface area (Å²) in [5, 5.41) is 3.18. The molecule has 128 valence electrons. The van der Waals surface area contributed by atoms with E-state index >= 15 is 0 Å². The SMILES string of the molecule is Fc1ccc(-c2cc(C3CCNCC3)cc(C(F)(F)F)c2)cc1F. The molecule has 1 nitrogen and oxygen atoms in total. The predicted octanol–water partition coefficient (Wildman–Crippen LogP) is 5.12. The van der Waals surface area contributed by atoms with Crippen molar-refractivity contribution in [3.63, 3.8) is 0 Å². The molecule has 2 aromatic rings. The Morgan fingerprint density at radius 2 is 1.54 bits per heavy atom. The molecule has 2 aromatic carbocycles. The van der Waals surface area contributed by atoms with Crippen LogP contribution in [0.4, 0.5) is 22.0 Å². The molecule has 0 saturated carbocycles. The van der Waals surface area contributed by atoms with E-state index in [0.717, 1.165) is 44.1 Å². The molecule has 0 aliphatic carbocycles. The number of hydrogen-bond donors (Lipinski definition) is 1. The first kappa shape index (κ1) is 16.9. The molecule has 0 atom stereocenters. The normalized spacial score (nSPS) is 16.4. The quantitative estimate of drug-likeness (QED) is 0.748. The Morgan fingerprint density at radius 3 is 2.17 bits per heavy atom. The summed E-state index contributed by atoms with van der Waals surface area (Å²) in [6.45, 7) is 1.50. The van der Waals surface area contributed by atoms with Crippen LogP contribution in [0.1, 0.15) is 29.9 Å². The number of hydrogen-bond acceptors (Lipinski definition) is 1. The molecule has 0 amide bonds. The number of nitrogens with one attached hydrogen (secondary N) is 1. The predicted molar refractivity (Wildman–Crippen MR) is 81.6 cm³/mol. The molecule has 0 bridgehead atoms. The van der Waals surface area contributed by atoms with Gasteiger partial charge in [0.2, 0.25) is 0 Å². The Labute approximate surface area is 136 Å². The summed E-state index contributed by atoms with van der Waals surface area (Å²) in [7, 11) is 0. The van der Waals surface area contributed by atoms with Crippen molar-refractivity contribution in [1.82, 2.24) is 5.32 Å². The summed E-state index contributed by atoms with van der Waals surface area (Å²) >= 11 is 0. The fourth-order valence-corrected chi connectivity index (χ4v) is 3.05. The van der Waals surface area contributed by atoms with Crippen molar-refractivity contribution in [2.24, 2.45) is 0 Å². The van der Waals surface area contributed by atoms with Crippen molar-refractivity contribution in [2.45, 2.75) is 24.9 Å². The maximum atomic E-state index is 13.4. The van der Waals surface area contributed by atoms with Crippen molar-refractivity contribution in [3.05, 3.63) is 59.2 Å². The molecule has 0 aromatic heterocycles. The van der Waals surface area contributed by atoms with Gasteiger partial charge in [-0.25, -0.2) is 8.78 Å². The third kappa shape index (κ3) is 3.59. The zero-order valence-electron chi connectivity index (χ0n) is 12.8. The van der Waals surface area contributed by atoms with E-state index in [1.165, 1.54) is 12.1 Å². The highest BCUT2D eigenvalue weighted by Crippen LogP contribution is 2.37. The van der Waals surface area contributed by atoms with Crippen molar-refractivity contribution in [3.8, 4) is 11.1 Å². The van der Waals surface area contributed by atoms with Crippen molar-refractivity contribution >= 4 is 0 Å². The van der Waals surface area contributed by atoms with E-state index in [4.69, 9.17) is 0 Å². The Balaban J connectivity index is 2.08. The van der Waals surface area contributed by atoms with Crippen LogP contribution in [0.15, 0.2) is 36.4 Å². The van der Waals surface area contributed by atoms with E-state index in [2.05, 4.69) is 5.32 Å². The first-order valence-corrected chi connectivity index (χ1v) is 7.73. The second kappa shape index (κ2) is 6.51. The highest BCUT2D eigenvalue weighted by Gasteiger charge is 2.32. The highest BCUT2D eigenvalue weighted by atomic mass is 19.4. The summed E-state index contributed by atoms with van der Waals surface area (Å²) in [5.74, 6) is -2.07. The molecule has 0 spiro atoms. The van der Waals surface area contributed by atoms with E-state index in [-0.39, 0.29) is 17.0 Å². The smallest absolute Gasteiger partial charge is 0.317 e. The number of alkyl halides is 3. The topological polar surface area (TPSA) is 12.0 Å².